The van der Waals surface area contributed by atoms with E-state index in [4.69, 9.17) is 4.74 Å². The molecule has 0 saturated carbocycles. The SMILES string of the molecule is CNC(=O)C1(Cc2cccc(-c3cccs3)c2)CCN(C(=O)c2cccc(OC)c2)CC1. The van der Waals surface area contributed by atoms with Crippen molar-refractivity contribution in [3.63, 3.8) is 0 Å². The largest absolute Gasteiger partial charge is 0.497 e. The van der Waals surface area contributed by atoms with E-state index in [1.807, 2.05) is 29.2 Å². The number of ether oxygens (including phenoxy) is 1. The summed E-state index contributed by atoms with van der Waals surface area (Å²) in [5, 5.41) is 4.94. The predicted octanol–water partition coefficient (Wildman–Crippen LogP) is 4.63. The van der Waals surface area contributed by atoms with Gasteiger partial charge in [-0.3, -0.25) is 9.59 Å². The van der Waals surface area contributed by atoms with E-state index in [0.717, 1.165) is 5.56 Å². The minimum atomic E-state index is -0.520. The quantitative estimate of drug-likeness (QED) is 0.598. The van der Waals surface area contributed by atoms with Gasteiger partial charge in [-0.2, -0.15) is 0 Å². The first-order valence-electron chi connectivity index (χ1n) is 10.8. The number of hydrogen-bond donors (Lipinski definition) is 1. The number of thiophene rings is 1. The van der Waals surface area contributed by atoms with Gasteiger partial charge in [0.1, 0.15) is 5.75 Å². The molecule has 1 aliphatic heterocycles. The predicted molar refractivity (Wildman–Crippen MR) is 128 cm³/mol. The minimum absolute atomic E-state index is 0.0194. The summed E-state index contributed by atoms with van der Waals surface area (Å²) in [7, 11) is 3.29. The second-order valence-electron chi connectivity index (χ2n) is 8.24. The van der Waals surface area contributed by atoms with E-state index in [1.54, 1.807) is 31.6 Å². The van der Waals surface area contributed by atoms with Crippen molar-refractivity contribution in [3.8, 4) is 16.2 Å². The third-order valence-corrected chi connectivity index (χ3v) is 7.23. The molecule has 0 radical (unpaired) electrons. The molecule has 1 fully saturated rings. The van der Waals surface area contributed by atoms with E-state index in [-0.39, 0.29) is 11.8 Å². The summed E-state index contributed by atoms with van der Waals surface area (Å²) in [6, 6.07) is 19.8. The summed E-state index contributed by atoms with van der Waals surface area (Å²) in [6.45, 7) is 1.10. The zero-order valence-electron chi connectivity index (χ0n) is 18.5. The van der Waals surface area contributed by atoms with Crippen LogP contribution in [0.4, 0.5) is 0 Å². The maximum absolute atomic E-state index is 13.0. The summed E-state index contributed by atoms with van der Waals surface area (Å²) in [4.78, 5) is 29.1. The Morgan fingerprint density at radius 2 is 1.84 bits per heavy atom. The zero-order valence-corrected chi connectivity index (χ0v) is 19.3. The van der Waals surface area contributed by atoms with E-state index in [9.17, 15) is 9.59 Å². The highest BCUT2D eigenvalue weighted by Gasteiger charge is 2.42. The molecule has 166 valence electrons. The first kappa shape index (κ1) is 22.1. The van der Waals surface area contributed by atoms with Crippen LogP contribution < -0.4 is 10.1 Å². The van der Waals surface area contributed by atoms with Gasteiger partial charge < -0.3 is 15.0 Å². The fraction of sp³-hybridized carbons (Fsp3) is 0.308. The molecule has 3 aromatic rings. The summed E-state index contributed by atoms with van der Waals surface area (Å²) >= 11 is 1.71. The van der Waals surface area contributed by atoms with Crippen LogP contribution >= 0.6 is 11.3 Å². The molecular weight excluding hydrogens is 420 g/mol. The van der Waals surface area contributed by atoms with E-state index in [1.165, 1.54) is 10.4 Å². The molecule has 0 spiro atoms. The Hall–Kier alpha value is -3.12. The van der Waals surface area contributed by atoms with E-state index < -0.39 is 5.41 Å². The lowest BCUT2D eigenvalue weighted by molar-refractivity contribution is -0.133. The number of piperidine rings is 1. The molecule has 1 aliphatic rings. The number of nitrogens with one attached hydrogen (secondary N) is 1. The molecule has 6 heteroatoms. The van der Waals surface area contributed by atoms with Gasteiger partial charge in [-0.15, -0.1) is 11.3 Å². The van der Waals surface area contributed by atoms with Crippen LogP contribution in [0.15, 0.2) is 66.0 Å². The first-order chi connectivity index (χ1) is 15.5. The van der Waals surface area contributed by atoms with Gasteiger partial charge in [-0.25, -0.2) is 0 Å². The molecule has 0 bridgehead atoms. The number of nitrogens with zero attached hydrogens (tertiary/aromatic N) is 1. The first-order valence-corrected chi connectivity index (χ1v) is 11.7. The highest BCUT2D eigenvalue weighted by molar-refractivity contribution is 7.13. The average molecular weight is 449 g/mol. The fourth-order valence-electron chi connectivity index (χ4n) is 4.49. The Morgan fingerprint density at radius 1 is 1.06 bits per heavy atom. The van der Waals surface area contributed by atoms with Gasteiger partial charge in [0.15, 0.2) is 0 Å². The van der Waals surface area contributed by atoms with Crippen LogP contribution in [0.2, 0.25) is 0 Å². The molecule has 4 rings (SSSR count). The lowest BCUT2D eigenvalue weighted by Gasteiger charge is -2.40. The Balaban J connectivity index is 1.51. The van der Waals surface area contributed by atoms with E-state index >= 15 is 0 Å². The lowest BCUT2D eigenvalue weighted by Crippen LogP contribution is -2.50. The van der Waals surface area contributed by atoms with Crippen molar-refractivity contribution in [2.24, 2.45) is 5.41 Å². The van der Waals surface area contributed by atoms with Gasteiger partial charge in [0, 0.05) is 30.6 Å². The topological polar surface area (TPSA) is 58.6 Å². The summed E-state index contributed by atoms with van der Waals surface area (Å²) < 4.78 is 5.25. The van der Waals surface area contributed by atoms with Crippen LogP contribution in [0.5, 0.6) is 5.75 Å². The minimum Gasteiger partial charge on any atom is -0.497 e. The fourth-order valence-corrected chi connectivity index (χ4v) is 5.22. The van der Waals surface area contributed by atoms with Crippen molar-refractivity contribution in [2.75, 3.05) is 27.2 Å². The van der Waals surface area contributed by atoms with Crippen molar-refractivity contribution in [2.45, 2.75) is 19.3 Å². The van der Waals surface area contributed by atoms with Crippen LogP contribution in [-0.2, 0) is 11.2 Å². The maximum atomic E-state index is 13.0. The molecule has 0 aliphatic carbocycles. The van der Waals surface area contributed by atoms with Gasteiger partial charge in [0.25, 0.3) is 5.91 Å². The second-order valence-corrected chi connectivity index (χ2v) is 9.19. The van der Waals surface area contributed by atoms with E-state index in [2.05, 4.69) is 41.0 Å². The highest BCUT2D eigenvalue weighted by Crippen LogP contribution is 2.37. The average Bonchev–Trinajstić information content (AvgIpc) is 3.39. The number of amides is 2. The molecule has 5 nitrogen and oxygen atoms in total. The number of carbonyl (C=O) groups is 2. The molecule has 1 saturated heterocycles. The Bertz CT molecular complexity index is 1090. The third-order valence-electron chi connectivity index (χ3n) is 6.31. The lowest BCUT2D eigenvalue weighted by atomic mass is 9.72. The van der Waals surface area contributed by atoms with Gasteiger partial charge in [-0.1, -0.05) is 36.4 Å². The van der Waals surface area contributed by atoms with Gasteiger partial charge in [0.2, 0.25) is 5.91 Å². The Morgan fingerprint density at radius 3 is 2.53 bits per heavy atom. The van der Waals surface area contributed by atoms with Crippen LogP contribution in [0.3, 0.4) is 0 Å². The number of hydrogen-bond acceptors (Lipinski definition) is 4. The van der Waals surface area contributed by atoms with E-state index in [0.29, 0.717) is 43.7 Å². The molecule has 1 N–H and O–H groups in total. The molecule has 1 aromatic heterocycles. The van der Waals surface area contributed by atoms with Gasteiger partial charge in [0.05, 0.1) is 12.5 Å². The number of benzene rings is 2. The van der Waals surface area contributed by atoms with Crippen molar-refractivity contribution >= 4 is 23.2 Å². The number of rotatable bonds is 6. The van der Waals surface area contributed by atoms with Crippen LogP contribution in [0.1, 0.15) is 28.8 Å². The molecule has 2 heterocycles. The number of carbonyl (C=O) groups excluding carboxylic acids is 2. The molecule has 2 aromatic carbocycles. The molecule has 0 atom stereocenters. The van der Waals surface area contributed by atoms with Crippen molar-refractivity contribution in [1.82, 2.24) is 10.2 Å². The van der Waals surface area contributed by atoms with Crippen LogP contribution in [-0.4, -0.2) is 44.0 Å². The van der Waals surface area contributed by atoms with Crippen LogP contribution in [0.25, 0.3) is 10.4 Å². The summed E-state index contributed by atoms with van der Waals surface area (Å²) in [6.07, 6.45) is 1.92. The third kappa shape index (κ3) is 4.55. The molecular formula is C26H28N2O3S. The van der Waals surface area contributed by atoms with Gasteiger partial charge in [-0.05, 0) is 60.0 Å². The smallest absolute Gasteiger partial charge is 0.253 e. The summed E-state index contributed by atoms with van der Waals surface area (Å²) in [5.41, 5.74) is 2.41. The number of likely N-dealkylation sites (tertiary alicyclic amines) is 1. The van der Waals surface area contributed by atoms with Crippen molar-refractivity contribution in [1.29, 1.82) is 0 Å². The van der Waals surface area contributed by atoms with Gasteiger partial charge >= 0.3 is 0 Å². The second kappa shape index (κ2) is 9.57. The number of methoxy groups -OCH3 is 1. The monoisotopic (exact) mass is 448 g/mol. The maximum Gasteiger partial charge on any atom is 0.253 e. The Kier molecular flexibility index (Phi) is 6.61. The zero-order chi connectivity index (χ0) is 22.6. The van der Waals surface area contributed by atoms with Crippen LogP contribution in [0, 0.1) is 5.41 Å². The standard InChI is InChI=1S/C26H28N2O3S/c1-27-25(30)26(18-19-6-3-7-20(16-19)23-10-5-15-32-23)11-13-28(14-12-26)24(29)21-8-4-9-22(17-21)31-2/h3-10,15-17H,11-14,18H2,1-2H3,(H,27,30). The van der Waals surface area contributed by atoms with Crippen molar-refractivity contribution in [3.05, 3.63) is 77.2 Å². The Labute approximate surface area is 193 Å². The highest BCUT2D eigenvalue weighted by atomic mass is 32.1. The summed E-state index contributed by atoms with van der Waals surface area (Å²) in [5.74, 6) is 0.694. The molecule has 32 heavy (non-hydrogen) atoms. The normalized spacial score (nSPS) is 15.2. The molecule has 2 amide bonds. The molecule has 0 unspecified atom stereocenters. The van der Waals surface area contributed by atoms with Crippen molar-refractivity contribution < 1.29 is 14.3 Å².